The van der Waals surface area contributed by atoms with Gasteiger partial charge in [0, 0.05) is 19.3 Å². The molecule has 0 bridgehead atoms. The molecule has 0 heterocycles. The maximum Gasteiger partial charge on any atom is 0.338 e. The lowest BCUT2D eigenvalue weighted by molar-refractivity contribution is -0.139. The third-order valence-electron chi connectivity index (χ3n) is 3.91. The zero-order chi connectivity index (χ0) is 20.5. The van der Waals surface area contributed by atoms with Gasteiger partial charge in [0.05, 0.1) is 11.6 Å². The summed E-state index contributed by atoms with van der Waals surface area (Å²) in [5.74, 6) is -1.38. The summed E-state index contributed by atoms with van der Waals surface area (Å²) in [5.41, 5.74) is 1.69. The van der Waals surface area contributed by atoms with E-state index in [1.54, 1.807) is 13.1 Å². The van der Waals surface area contributed by atoms with Crippen LogP contribution in [0.25, 0.3) is 0 Å². The van der Waals surface area contributed by atoms with Crippen LogP contribution in [0.3, 0.4) is 0 Å². The van der Waals surface area contributed by atoms with Gasteiger partial charge in [0.25, 0.3) is 5.91 Å². The van der Waals surface area contributed by atoms with Gasteiger partial charge < -0.3 is 15.0 Å². The molecular weight excluding hydrogens is 358 g/mol. The van der Waals surface area contributed by atoms with Crippen molar-refractivity contribution in [2.75, 3.05) is 12.4 Å². The molecule has 1 atom stereocenters. The van der Waals surface area contributed by atoms with Crippen LogP contribution in [-0.2, 0) is 20.9 Å². The highest BCUT2D eigenvalue weighted by Gasteiger charge is 2.22. The monoisotopic (exact) mass is 379 g/mol. The number of nitrogens with zero attached hydrogens (tertiary/aromatic N) is 2. The Labute approximate surface area is 163 Å². The number of esters is 1. The Kier molecular flexibility index (Phi) is 7.28. The van der Waals surface area contributed by atoms with Crippen LogP contribution in [0, 0.1) is 11.3 Å². The lowest BCUT2D eigenvalue weighted by atomic mass is 10.2. The van der Waals surface area contributed by atoms with E-state index >= 15 is 0 Å². The molecule has 0 aliphatic heterocycles. The lowest BCUT2D eigenvalue weighted by Crippen LogP contribution is -2.37. The average molecular weight is 379 g/mol. The number of amides is 2. The molecule has 0 fully saturated rings. The maximum atomic E-state index is 12.4. The van der Waals surface area contributed by atoms with Gasteiger partial charge in [-0.3, -0.25) is 9.59 Å². The van der Waals surface area contributed by atoms with Crippen molar-refractivity contribution in [3.63, 3.8) is 0 Å². The van der Waals surface area contributed by atoms with E-state index in [4.69, 9.17) is 10.00 Å². The molecule has 2 rings (SSSR count). The number of rotatable bonds is 7. The first kappa shape index (κ1) is 20.6. The predicted octanol–water partition coefficient (Wildman–Crippen LogP) is 2.74. The molecular formula is C21H21N3O4. The fraction of sp³-hybridized carbons (Fsp3) is 0.238. The highest BCUT2D eigenvalue weighted by Crippen LogP contribution is 2.13. The Bertz CT molecular complexity index is 873. The normalized spacial score (nSPS) is 11.0. The van der Waals surface area contributed by atoms with Crippen LogP contribution in [0.1, 0.15) is 29.3 Å². The summed E-state index contributed by atoms with van der Waals surface area (Å²) in [6.45, 7) is 1.94. The second-order valence-corrected chi connectivity index (χ2v) is 6.19. The summed E-state index contributed by atoms with van der Waals surface area (Å²) < 4.78 is 5.26. The smallest absolute Gasteiger partial charge is 0.338 e. The van der Waals surface area contributed by atoms with Crippen molar-refractivity contribution in [3.05, 3.63) is 65.7 Å². The van der Waals surface area contributed by atoms with E-state index in [-0.39, 0.29) is 17.9 Å². The van der Waals surface area contributed by atoms with E-state index in [9.17, 15) is 14.4 Å². The van der Waals surface area contributed by atoms with Crippen LogP contribution in [0.4, 0.5) is 5.69 Å². The third-order valence-corrected chi connectivity index (χ3v) is 3.91. The van der Waals surface area contributed by atoms with Crippen molar-refractivity contribution in [1.29, 1.82) is 5.26 Å². The molecule has 0 saturated heterocycles. The van der Waals surface area contributed by atoms with E-state index in [1.807, 2.05) is 30.3 Å². The van der Waals surface area contributed by atoms with Crippen LogP contribution < -0.4 is 5.32 Å². The van der Waals surface area contributed by atoms with Crippen molar-refractivity contribution in [2.45, 2.75) is 26.0 Å². The van der Waals surface area contributed by atoms with Crippen molar-refractivity contribution < 1.29 is 19.1 Å². The first-order chi connectivity index (χ1) is 13.4. The first-order valence-corrected chi connectivity index (χ1v) is 8.67. The molecule has 7 heteroatoms. The number of carbonyl (C=O) groups is 3. The molecule has 2 aromatic carbocycles. The standard InChI is InChI=1S/C21H21N3O4/c1-15(20(26)24(2)14-16-6-4-3-5-7-16)28-21(27)17-8-10-18(11-9-17)23-19(25)12-13-22/h3-11,15H,12,14H2,1-2H3,(H,23,25)/t15-/m0/s1. The maximum absolute atomic E-state index is 12.4. The summed E-state index contributed by atoms with van der Waals surface area (Å²) in [6, 6.07) is 17.3. The number of benzene rings is 2. The van der Waals surface area contributed by atoms with E-state index in [0.717, 1.165) is 5.56 Å². The van der Waals surface area contributed by atoms with Gasteiger partial charge >= 0.3 is 5.97 Å². The Morgan fingerprint density at radius 1 is 1.11 bits per heavy atom. The number of ether oxygens (including phenoxy) is 1. The Morgan fingerprint density at radius 3 is 2.36 bits per heavy atom. The van der Waals surface area contributed by atoms with Crippen molar-refractivity contribution in [1.82, 2.24) is 4.90 Å². The van der Waals surface area contributed by atoms with Crippen LogP contribution >= 0.6 is 0 Å². The molecule has 0 aliphatic rings. The molecule has 28 heavy (non-hydrogen) atoms. The van der Waals surface area contributed by atoms with Gasteiger partial charge in [0.1, 0.15) is 6.42 Å². The molecule has 2 amide bonds. The number of nitrogens with one attached hydrogen (secondary N) is 1. The Morgan fingerprint density at radius 2 is 1.75 bits per heavy atom. The van der Waals surface area contributed by atoms with E-state index < -0.39 is 18.0 Å². The third kappa shape index (κ3) is 5.95. The molecule has 0 aromatic heterocycles. The number of hydrogen-bond donors (Lipinski definition) is 1. The van der Waals surface area contributed by atoms with Crippen molar-refractivity contribution >= 4 is 23.5 Å². The number of anilines is 1. The van der Waals surface area contributed by atoms with Crippen LogP contribution in [0.2, 0.25) is 0 Å². The quantitative estimate of drug-likeness (QED) is 0.746. The number of nitriles is 1. The predicted molar refractivity (Wildman–Crippen MR) is 103 cm³/mol. The molecule has 144 valence electrons. The van der Waals surface area contributed by atoms with Gasteiger partial charge in [-0.15, -0.1) is 0 Å². The number of carbonyl (C=O) groups excluding carboxylic acids is 3. The van der Waals surface area contributed by atoms with Crippen molar-refractivity contribution in [2.24, 2.45) is 0 Å². The average Bonchev–Trinajstić information content (AvgIpc) is 2.68. The van der Waals surface area contributed by atoms with Crippen molar-refractivity contribution in [3.8, 4) is 6.07 Å². The highest BCUT2D eigenvalue weighted by molar-refractivity contribution is 5.94. The second kappa shape index (κ2) is 9.88. The van der Waals surface area contributed by atoms with E-state index in [0.29, 0.717) is 12.2 Å². The topological polar surface area (TPSA) is 99.5 Å². The van der Waals surface area contributed by atoms with Crippen LogP contribution in [0.5, 0.6) is 0 Å². The largest absolute Gasteiger partial charge is 0.449 e. The summed E-state index contributed by atoms with van der Waals surface area (Å²) in [7, 11) is 1.65. The van der Waals surface area contributed by atoms with Gasteiger partial charge in [-0.2, -0.15) is 5.26 Å². The number of hydrogen-bond acceptors (Lipinski definition) is 5. The summed E-state index contributed by atoms with van der Waals surface area (Å²) in [4.78, 5) is 37.6. The Hall–Kier alpha value is -3.66. The molecule has 7 nitrogen and oxygen atoms in total. The van der Waals surface area contributed by atoms with Gasteiger partial charge in [-0.25, -0.2) is 4.79 Å². The zero-order valence-corrected chi connectivity index (χ0v) is 15.7. The molecule has 0 saturated carbocycles. The first-order valence-electron chi connectivity index (χ1n) is 8.67. The minimum Gasteiger partial charge on any atom is -0.449 e. The van der Waals surface area contributed by atoms with Gasteiger partial charge in [-0.05, 0) is 36.8 Å². The molecule has 0 radical (unpaired) electrons. The van der Waals surface area contributed by atoms with Crippen LogP contribution in [-0.4, -0.2) is 35.8 Å². The fourth-order valence-electron chi connectivity index (χ4n) is 2.49. The van der Waals surface area contributed by atoms with Gasteiger partial charge in [-0.1, -0.05) is 30.3 Å². The minimum atomic E-state index is -0.934. The van der Waals surface area contributed by atoms with E-state index in [1.165, 1.54) is 36.1 Å². The summed E-state index contributed by atoms with van der Waals surface area (Å²) in [5, 5.41) is 11.0. The summed E-state index contributed by atoms with van der Waals surface area (Å²) >= 11 is 0. The minimum absolute atomic E-state index is 0.250. The lowest BCUT2D eigenvalue weighted by Gasteiger charge is -2.21. The molecule has 2 aromatic rings. The SMILES string of the molecule is C[C@H](OC(=O)c1ccc(NC(=O)CC#N)cc1)C(=O)N(C)Cc1ccccc1. The zero-order valence-electron chi connectivity index (χ0n) is 15.7. The van der Waals surface area contributed by atoms with Crippen LogP contribution in [0.15, 0.2) is 54.6 Å². The Balaban J connectivity index is 1.91. The fourth-order valence-corrected chi connectivity index (χ4v) is 2.49. The molecule has 0 unspecified atom stereocenters. The molecule has 0 spiro atoms. The summed E-state index contributed by atoms with van der Waals surface area (Å²) in [6.07, 6.45) is -1.18. The highest BCUT2D eigenvalue weighted by atomic mass is 16.5. The molecule has 1 N–H and O–H groups in total. The van der Waals surface area contributed by atoms with Gasteiger partial charge in [0.15, 0.2) is 6.10 Å². The second-order valence-electron chi connectivity index (χ2n) is 6.19. The number of likely N-dealkylation sites (N-methyl/N-ethyl adjacent to an activating group) is 1. The van der Waals surface area contributed by atoms with Gasteiger partial charge in [0.2, 0.25) is 5.91 Å². The van der Waals surface area contributed by atoms with E-state index in [2.05, 4.69) is 5.32 Å². The molecule has 0 aliphatic carbocycles.